The Bertz CT molecular complexity index is 790. The zero-order valence-corrected chi connectivity index (χ0v) is 13.8. The Morgan fingerprint density at radius 1 is 1.12 bits per heavy atom. The molecule has 0 amide bonds. The van der Waals surface area contributed by atoms with Crippen molar-refractivity contribution in [2.45, 2.75) is 13.3 Å². The second kappa shape index (κ2) is 7.50. The molecule has 0 aliphatic carbocycles. The molecule has 0 atom stereocenters. The largest absolute Gasteiger partial charge is 0.342 e. The molecule has 2 heterocycles. The smallest absolute Gasteiger partial charge is 0.247 e. The number of pyridine rings is 1. The van der Waals surface area contributed by atoms with Crippen molar-refractivity contribution in [3.8, 4) is 0 Å². The Balaban J connectivity index is 1.66. The Labute approximate surface area is 141 Å². The fraction of sp³-hybridized carbons (Fsp3) is 0.222. The van der Waals surface area contributed by atoms with E-state index in [-0.39, 0.29) is 0 Å². The topological polar surface area (TPSA) is 66.8 Å². The molecule has 0 fully saturated rings. The maximum Gasteiger partial charge on any atom is 0.247 e. The van der Waals surface area contributed by atoms with Crippen LogP contribution in [-0.2, 0) is 6.42 Å². The molecule has 6 nitrogen and oxygen atoms in total. The first kappa shape index (κ1) is 15.9. The fourth-order valence-corrected chi connectivity index (χ4v) is 2.33. The van der Waals surface area contributed by atoms with E-state index < -0.39 is 0 Å². The number of hydrogen-bond donors (Lipinski definition) is 1. The van der Waals surface area contributed by atoms with Gasteiger partial charge in [0.15, 0.2) is 5.82 Å². The van der Waals surface area contributed by atoms with E-state index in [9.17, 15) is 0 Å². The number of nitrogens with one attached hydrogen (secondary N) is 1. The maximum absolute atomic E-state index is 4.54. The highest BCUT2D eigenvalue weighted by Gasteiger charge is 2.07. The number of aromatic nitrogens is 4. The molecule has 0 spiro atoms. The van der Waals surface area contributed by atoms with Crippen molar-refractivity contribution in [1.82, 2.24) is 20.2 Å². The molecular weight excluding hydrogens is 300 g/mol. The van der Waals surface area contributed by atoms with E-state index in [1.165, 1.54) is 11.1 Å². The molecule has 0 radical (unpaired) electrons. The molecular formula is C18H20N6. The predicted molar refractivity (Wildman–Crippen MR) is 95.5 cm³/mol. The lowest BCUT2D eigenvalue weighted by atomic mass is 10.2. The van der Waals surface area contributed by atoms with Crippen LogP contribution < -0.4 is 10.2 Å². The Morgan fingerprint density at radius 3 is 2.75 bits per heavy atom. The first-order valence-electron chi connectivity index (χ1n) is 7.84. The summed E-state index contributed by atoms with van der Waals surface area (Å²) < 4.78 is 0. The quantitative estimate of drug-likeness (QED) is 0.753. The van der Waals surface area contributed by atoms with Gasteiger partial charge in [0.2, 0.25) is 5.95 Å². The monoisotopic (exact) mass is 320 g/mol. The van der Waals surface area contributed by atoms with Crippen molar-refractivity contribution in [3.05, 3.63) is 66.1 Å². The highest BCUT2D eigenvalue weighted by atomic mass is 15.3. The standard InChI is InChI=1S/C18H20N6/c1-14-4-3-5-16(12-14)21-17-13-20-23-18(22-17)24(2)11-8-15-6-9-19-10-7-15/h3-7,9-10,12-13H,8,11H2,1-2H3,(H,21,22,23). The molecule has 3 aromatic rings. The minimum absolute atomic E-state index is 0.599. The van der Waals surface area contributed by atoms with Gasteiger partial charge in [0.25, 0.3) is 0 Å². The van der Waals surface area contributed by atoms with Gasteiger partial charge in [-0.3, -0.25) is 4.98 Å². The SMILES string of the molecule is Cc1cccc(Nc2cnnc(N(C)CCc3ccncc3)n2)c1. The van der Waals surface area contributed by atoms with Crippen molar-refractivity contribution in [2.24, 2.45) is 0 Å². The third-order valence-electron chi connectivity index (χ3n) is 3.66. The molecule has 3 rings (SSSR count). The van der Waals surface area contributed by atoms with E-state index in [1.807, 2.05) is 36.2 Å². The van der Waals surface area contributed by atoms with Crippen LogP contribution in [0.5, 0.6) is 0 Å². The molecule has 0 aliphatic rings. The number of benzene rings is 1. The molecule has 24 heavy (non-hydrogen) atoms. The van der Waals surface area contributed by atoms with E-state index in [0.717, 1.165) is 18.7 Å². The lowest BCUT2D eigenvalue weighted by Gasteiger charge is -2.17. The van der Waals surface area contributed by atoms with E-state index in [0.29, 0.717) is 11.8 Å². The number of anilines is 3. The Kier molecular flexibility index (Phi) is 4.96. The predicted octanol–water partition coefficient (Wildman–Crippen LogP) is 3.00. The van der Waals surface area contributed by atoms with Gasteiger partial charge < -0.3 is 10.2 Å². The fourth-order valence-electron chi connectivity index (χ4n) is 2.33. The third-order valence-corrected chi connectivity index (χ3v) is 3.66. The molecule has 2 aromatic heterocycles. The Hall–Kier alpha value is -3.02. The minimum Gasteiger partial charge on any atom is -0.342 e. The highest BCUT2D eigenvalue weighted by Crippen LogP contribution is 2.16. The summed E-state index contributed by atoms with van der Waals surface area (Å²) in [6.07, 6.45) is 6.14. The maximum atomic E-state index is 4.54. The van der Waals surface area contributed by atoms with Crippen molar-refractivity contribution < 1.29 is 0 Å². The van der Waals surface area contributed by atoms with E-state index in [4.69, 9.17) is 0 Å². The van der Waals surface area contributed by atoms with Crippen LogP contribution in [0, 0.1) is 6.92 Å². The van der Waals surface area contributed by atoms with Gasteiger partial charge in [-0.25, -0.2) is 0 Å². The molecule has 0 unspecified atom stereocenters. The summed E-state index contributed by atoms with van der Waals surface area (Å²) in [6, 6.07) is 12.2. The van der Waals surface area contributed by atoms with Gasteiger partial charge in [0, 0.05) is 31.7 Å². The molecule has 0 saturated carbocycles. The molecule has 6 heteroatoms. The number of hydrogen-bond acceptors (Lipinski definition) is 6. The van der Waals surface area contributed by atoms with E-state index in [1.54, 1.807) is 18.6 Å². The second-order valence-corrected chi connectivity index (χ2v) is 5.66. The van der Waals surface area contributed by atoms with Crippen LogP contribution >= 0.6 is 0 Å². The summed E-state index contributed by atoms with van der Waals surface area (Å²) in [5, 5.41) is 11.4. The van der Waals surface area contributed by atoms with Crippen LogP contribution in [0.25, 0.3) is 0 Å². The summed E-state index contributed by atoms with van der Waals surface area (Å²) in [4.78, 5) is 10.6. The van der Waals surface area contributed by atoms with Crippen LogP contribution in [0.15, 0.2) is 55.0 Å². The van der Waals surface area contributed by atoms with Gasteiger partial charge in [0.05, 0.1) is 6.20 Å². The Morgan fingerprint density at radius 2 is 1.96 bits per heavy atom. The van der Waals surface area contributed by atoms with E-state index >= 15 is 0 Å². The third kappa shape index (κ3) is 4.25. The second-order valence-electron chi connectivity index (χ2n) is 5.66. The van der Waals surface area contributed by atoms with Gasteiger partial charge in [-0.15, -0.1) is 5.10 Å². The normalized spacial score (nSPS) is 10.4. The van der Waals surface area contributed by atoms with E-state index in [2.05, 4.69) is 44.5 Å². The van der Waals surface area contributed by atoms with Crippen molar-refractivity contribution in [1.29, 1.82) is 0 Å². The van der Waals surface area contributed by atoms with Gasteiger partial charge in [0.1, 0.15) is 0 Å². The molecule has 0 aliphatic heterocycles. The van der Waals surface area contributed by atoms with Gasteiger partial charge in [-0.1, -0.05) is 12.1 Å². The van der Waals surface area contributed by atoms with Crippen LogP contribution in [0.4, 0.5) is 17.5 Å². The number of aryl methyl sites for hydroxylation is 1. The molecule has 1 aromatic carbocycles. The number of rotatable bonds is 6. The van der Waals surface area contributed by atoms with Crippen LogP contribution in [0.3, 0.4) is 0 Å². The van der Waals surface area contributed by atoms with Crippen LogP contribution in [0.1, 0.15) is 11.1 Å². The lowest BCUT2D eigenvalue weighted by Crippen LogP contribution is -2.23. The zero-order valence-electron chi connectivity index (χ0n) is 13.8. The molecule has 0 saturated heterocycles. The van der Waals surface area contributed by atoms with Crippen molar-refractivity contribution >= 4 is 17.5 Å². The van der Waals surface area contributed by atoms with Gasteiger partial charge >= 0.3 is 0 Å². The van der Waals surface area contributed by atoms with Crippen LogP contribution in [0.2, 0.25) is 0 Å². The number of likely N-dealkylation sites (N-methyl/N-ethyl adjacent to an activating group) is 1. The van der Waals surface area contributed by atoms with Crippen molar-refractivity contribution in [3.63, 3.8) is 0 Å². The average molecular weight is 320 g/mol. The summed E-state index contributed by atoms with van der Waals surface area (Å²) in [5.41, 5.74) is 3.41. The first-order chi connectivity index (χ1) is 11.7. The van der Waals surface area contributed by atoms with Crippen molar-refractivity contribution in [2.75, 3.05) is 23.8 Å². The van der Waals surface area contributed by atoms with Crippen LogP contribution in [-0.4, -0.2) is 33.8 Å². The highest BCUT2D eigenvalue weighted by molar-refractivity contribution is 5.57. The zero-order chi connectivity index (χ0) is 16.8. The molecule has 1 N–H and O–H groups in total. The number of nitrogens with zero attached hydrogens (tertiary/aromatic N) is 5. The van der Waals surface area contributed by atoms with Gasteiger partial charge in [-0.05, 0) is 48.7 Å². The molecule has 122 valence electrons. The van der Waals surface area contributed by atoms with Gasteiger partial charge in [-0.2, -0.15) is 10.1 Å². The summed E-state index contributed by atoms with van der Waals surface area (Å²) in [5.74, 6) is 1.28. The summed E-state index contributed by atoms with van der Waals surface area (Å²) in [7, 11) is 1.97. The molecule has 0 bridgehead atoms. The summed E-state index contributed by atoms with van der Waals surface area (Å²) in [6.45, 7) is 2.86. The average Bonchev–Trinajstić information content (AvgIpc) is 2.61. The minimum atomic E-state index is 0.599. The lowest BCUT2D eigenvalue weighted by molar-refractivity contribution is 0.812. The first-order valence-corrected chi connectivity index (χ1v) is 7.84. The summed E-state index contributed by atoms with van der Waals surface area (Å²) >= 11 is 0.